The van der Waals surface area contributed by atoms with E-state index >= 15 is 0 Å². The Morgan fingerprint density at radius 2 is 1.93 bits per heavy atom. The lowest BCUT2D eigenvalue weighted by molar-refractivity contribution is -0.123. The van der Waals surface area contributed by atoms with Crippen molar-refractivity contribution < 1.29 is 23.8 Å². The number of benzene rings is 2. The maximum atomic E-state index is 12.6. The highest BCUT2D eigenvalue weighted by Crippen LogP contribution is 2.37. The molecule has 0 saturated carbocycles. The number of methoxy groups -OCH3 is 2. The van der Waals surface area contributed by atoms with Crippen LogP contribution >= 0.6 is 23.2 Å². The smallest absolute Gasteiger partial charge is 0.265 e. The lowest BCUT2D eigenvalue weighted by atomic mass is 10.2. The van der Waals surface area contributed by atoms with Crippen LogP contribution in [0.1, 0.15) is 0 Å². The fraction of sp³-hybridized carbons (Fsp3) is 0.222. The van der Waals surface area contributed by atoms with Gasteiger partial charge in [-0.2, -0.15) is 0 Å². The van der Waals surface area contributed by atoms with Gasteiger partial charge in [-0.1, -0.05) is 23.2 Å². The molecule has 1 aliphatic heterocycles. The Kier molecular flexibility index (Phi) is 5.62. The number of fused-ring (bicyclic) bond motifs is 1. The summed E-state index contributed by atoms with van der Waals surface area (Å²) in [7, 11) is 2.92. The summed E-state index contributed by atoms with van der Waals surface area (Å²) in [6, 6.07) is 7.96. The van der Waals surface area contributed by atoms with Gasteiger partial charge in [0.15, 0.2) is 6.61 Å². The van der Waals surface area contributed by atoms with Crippen molar-refractivity contribution in [2.75, 3.05) is 37.6 Å². The number of amides is 2. The molecule has 1 N–H and O–H groups in total. The zero-order valence-electron chi connectivity index (χ0n) is 14.5. The summed E-state index contributed by atoms with van der Waals surface area (Å²) in [6.45, 7) is -0.371. The average Bonchev–Trinajstić information content (AvgIpc) is 2.65. The van der Waals surface area contributed by atoms with Gasteiger partial charge in [-0.15, -0.1) is 0 Å². The summed E-state index contributed by atoms with van der Waals surface area (Å²) in [5.74, 6) is 0.454. The number of carbonyl (C=O) groups is 2. The van der Waals surface area contributed by atoms with Crippen molar-refractivity contribution >= 4 is 46.4 Å². The third kappa shape index (κ3) is 4.04. The van der Waals surface area contributed by atoms with E-state index in [9.17, 15) is 9.59 Å². The number of anilines is 2. The highest BCUT2D eigenvalue weighted by atomic mass is 35.5. The molecule has 142 valence electrons. The molecule has 0 spiro atoms. The van der Waals surface area contributed by atoms with Crippen molar-refractivity contribution in [2.24, 2.45) is 0 Å². The van der Waals surface area contributed by atoms with E-state index in [0.717, 1.165) is 0 Å². The van der Waals surface area contributed by atoms with Crippen LogP contribution in [0, 0.1) is 0 Å². The summed E-state index contributed by atoms with van der Waals surface area (Å²) in [5, 5.41) is 3.48. The Bertz CT molecular complexity index is 904. The van der Waals surface area contributed by atoms with Crippen molar-refractivity contribution in [3.05, 3.63) is 40.4 Å². The molecule has 0 aromatic heterocycles. The van der Waals surface area contributed by atoms with Gasteiger partial charge in [0.05, 0.1) is 30.6 Å². The number of hydrogen-bond acceptors (Lipinski definition) is 5. The molecule has 27 heavy (non-hydrogen) atoms. The first kappa shape index (κ1) is 19.1. The highest BCUT2D eigenvalue weighted by Gasteiger charge is 2.28. The normalized spacial score (nSPS) is 12.9. The van der Waals surface area contributed by atoms with Crippen LogP contribution in [-0.2, 0) is 9.59 Å². The SMILES string of the molecule is COc1cc(NC(=O)CN2C(=O)COc3ccc(Cl)cc32)c(OC)cc1Cl. The minimum atomic E-state index is -0.432. The van der Waals surface area contributed by atoms with Gasteiger partial charge in [-0.3, -0.25) is 14.5 Å². The maximum Gasteiger partial charge on any atom is 0.265 e. The van der Waals surface area contributed by atoms with Gasteiger partial charge in [0.25, 0.3) is 5.91 Å². The van der Waals surface area contributed by atoms with Crippen molar-refractivity contribution in [3.63, 3.8) is 0 Å². The minimum Gasteiger partial charge on any atom is -0.495 e. The van der Waals surface area contributed by atoms with E-state index in [1.807, 2.05) is 0 Å². The van der Waals surface area contributed by atoms with E-state index in [-0.39, 0.29) is 19.1 Å². The highest BCUT2D eigenvalue weighted by molar-refractivity contribution is 6.32. The molecule has 2 amide bonds. The topological polar surface area (TPSA) is 77.1 Å². The van der Waals surface area contributed by atoms with E-state index in [0.29, 0.717) is 38.7 Å². The standard InChI is InChI=1S/C18H16Cl2N2O5/c1-25-15-7-12(16(26-2)6-11(15)20)21-17(23)8-22-13-5-10(19)3-4-14(13)27-9-18(22)24/h3-7H,8-9H2,1-2H3,(H,21,23). The van der Waals surface area contributed by atoms with Gasteiger partial charge >= 0.3 is 0 Å². The van der Waals surface area contributed by atoms with Gasteiger partial charge < -0.3 is 19.5 Å². The predicted molar refractivity (Wildman–Crippen MR) is 102 cm³/mol. The summed E-state index contributed by atoms with van der Waals surface area (Å²) < 4.78 is 15.8. The lowest BCUT2D eigenvalue weighted by Crippen LogP contribution is -2.43. The van der Waals surface area contributed by atoms with Gasteiger partial charge in [0, 0.05) is 17.2 Å². The lowest BCUT2D eigenvalue weighted by Gasteiger charge is -2.29. The fourth-order valence-corrected chi connectivity index (χ4v) is 3.04. The molecule has 1 heterocycles. The zero-order chi connectivity index (χ0) is 19.6. The molecular formula is C18H16Cl2N2O5. The molecule has 0 radical (unpaired) electrons. The van der Waals surface area contributed by atoms with E-state index < -0.39 is 5.91 Å². The summed E-state index contributed by atoms with van der Waals surface area (Å²) in [6.07, 6.45) is 0. The predicted octanol–water partition coefficient (Wildman–Crippen LogP) is 3.37. The Morgan fingerprint density at radius 3 is 2.63 bits per heavy atom. The molecule has 0 saturated heterocycles. The van der Waals surface area contributed by atoms with Crippen LogP contribution in [0.5, 0.6) is 17.2 Å². The molecule has 0 atom stereocenters. The number of rotatable bonds is 5. The van der Waals surface area contributed by atoms with Crippen LogP contribution in [0.2, 0.25) is 10.0 Å². The molecule has 7 nitrogen and oxygen atoms in total. The number of nitrogens with one attached hydrogen (secondary N) is 1. The molecule has 2 aromatic rings. The fourth-order valence-electron chi connectivity index (χ4n) is 2.64. The minimum absolute atomic E-state index is 0.153. The zero-order valence-corrected chi connectivity index (χ0v) is 16.1. The van der Waals surface area contributed by atoms with Crippen molar-refractivity contribution in [2.45, 2.75) is 0 Å². The average molecular weight is 411 g/mol. The monoisotopic (exact) mass is 410 g/mol. The first-order valence-corrected chi connectivity index (χ1v) is 8.62. The van der Waals surface area contributed by atoms with Crippen molar-refractivity contribution in [3.8, 4) is 17.2 Å². The first-order valence-electron chi connectivity index (χ1n) is 7.87. The van der Waals surface area contributed by atoms with Gasteiger partial charge in [-0.05, 0) is 18.2 Å². The molecule has 0 aliphatic carbocycles. The molecule has 0 fully saturated rings. The van der Waals surface area contributed by atoms with Crippen molar-refractivity contribution in [1.82, 2.24) is 0 Å². The Hall–Kier alpha value is -2.64. The van der Waals surface area contributed by atoms with Gasteiger partial charge in [0.1, 0.15) is 23.8 Å². The molecule has 3 rings (SSSR count). The maximum absolute atomic E-state index is 12.6. The molecule has 1 aliphatic rings. The molecule has 2 aromatic carbocycles. The largest absolute Gasteiger partial charge is 0.495 e. The summed E-state index contributed by atoms with van der Waals surface area (Å²) >= 11 is 12.1. The molecular weight excluding hydrogens is 395 g/mol. The van der Waals surface area contributed by atoms with Gasteiger partial charge in [0.2, 0.25) is 5.91 Å². The number of halogens is 2. The second-order valence-electron chi connectivity index (χ2n) is 5.62. The molecule has 0 unspecified atom stereocenters. The summed E-state index contributed by atoms with van der Waals surface area (Å²) in [4.78, 5) is 26.1. The third-order valence-corrected chi connectivity index (χ3v) is 4.44. The summed E-state index contributed by atoms with van der Waals surface area (Å²) in [5.41, 5.74) is 0.810. The molecule has 9 heteroatoms. The van der Waals surface area contributed by atoms with Crippen molar-refractivity contribution in [1.29, 1.82) is 0 Å². The van der Waals surface area contributed by atoms with E-state index in [1.54, 1.807) is 24.3 Å². The number of nitrogens with zero attached hydrogens (tertiary/aromatic N) is 1. The Labute approximate surface area is 165 Å². The van der Waals surface area contributed by atoms with Crippen LogP contribution in [0.3, 0.4) is 0 Å². The van der Waals surface area contributed by atoms with Crippen LogP contribution in [-0.4, -0.2) is 39.2 Å². The molecule has 0 bridgehead atoms. The van der Waals surface area contributed by atoms with Crippen LogP contribution in [0.15, 0.2) is 30.3 Å². The number of carbonyl (C=O) groups excluding carboxylic acids is 2. The Balaban J connectivity index is 1.83. The quantitative estimate of drug-likeness (QED) is 0.817. The van der Waals surface area contributed by atoms with Crippen LogP contribution in [0.25, 0.3) is 0 Å². The van der Waals surface area contributed by atoms with Gasteiger partial charge in [-0.25, -0.2) is 0 Å². The second kappa shape index (κ2) is 7.94. The van der Waals surface area contributed by atoms with Crippen LogP contribution < -0.4 is 24.4 Å². The number of hydrogen-bond donors (Lipinski definition) is 1. The first-order chi connectivity index (χ1) is 12.9. The second-order valence-corrected chi connectivity index (χ2v) is 6.46. The number of ether oxygens (including phenoxy) is 3. The van der Waals surface area contributed by atoms with E-state index in [1.165, 1.54) is 25.2 Å². The third-order valence-electron chi connectivity index (χ3n) is 3.91. The Morgan fingerprint density at radius 1 is 1.19 bits per heavy atom. The van der Waals surface area contributed by atoms with E-state index in [4.69, 9.17) is 37.4 Å². The van der Waals surface area contributed by atoms with E-state index in [2.05, 4.69) is 5.32 Å². The van der Waals surface area contributed by atoms with Crippen LogP contribution in [0.4, 0.5) is 11.4 Å².